The number of carbonyl (C=O) groups is 1. The molecule has 0 N–H and O–H groups in total. The molecule has 33 heavy (non-hydrogen) atoms. The molecular formula is C31H36O2. The Bertz CT molecular complexity index is 999. The minimum absolute atomic E-state index is 0.221. The van der Waals surface area contributed by atoms with Crippen molar-refractivity contribution in [1.29, 1.82) is 0 Å². The van der Waals surface area contributed by atoms with Crippen molar-refractivity contribution < 1.29 is 9.53 Å². The highest BCUT2D eigenvalue weighted by Crippen LogP contribution is 2.25. The molecule has 0 aliphatic heterocycles. The maximum absolute atomic E-state index is 12.3. The third kappa shape index (κ3) is 8.05. The summed E-state index contributed by atoms with van der Waals surface area (Å²) in [6, 6.07) is 27.3. The first kappa shape index (κ1) is 24.5. The van der Waals surface area contributed by atoms with Gasteiger partial charge in [0.15, 0.2) is 0 Å². The van der Waals surface area contributed by atoms with Crippen molar-refractivity contribution in [3.63, 3.8) is 0 Å². The smallest absolute Gasteiger partial charge is 0.333 e. The molecule has 0 atom stereocenters. The van der Waals surface area contributed by atoms with Crippen molar-refractivity contribution in [2.24, 2.45) is 0 Å². The highest BCUT2D eigenvalue weighted by atomic mass is 16.5. The lowest BCUT2D eigenvalue weighted by Crippen LogP contribution is -2.07. The quantitative estimate of drug-likeness (QED) is 0.160. The number of hydrogen-bond donors (Lipinski definition) is 0. The van der Waals surface area contributed by atoms with Crippen molar-refractivity contribution >= 4 is 12.0 Å². The fourth-order valence-electron chi connectivity index (χ4n) is 3.90. The van der Waals surface area contributed by atoms with Crippen LogP contribution in [-0.2, 0) is 9.53 Å². The molecule has 3 aromatic rings. The van der Waals surface area contributed by atoms with E-state index in [1.807, 2.05) is 31.2 Å². The predicted octanol–water partition coefficient (Wildman–Crippen LogP) is 8.72. The van der Waals surface area contributed by atoms with Crippen molar-refractivity contribution in [3.8, 4) is 22.3 Å². The molecule has 0 spiro atoms. The van der Waals surface area contributed by atoms with Crippen LogP contribution in [0.5, 0.6) is 0 Å². The van der Waals surface area contributed by atoms with E-state index in [1.54, 1.807) is 0 Å². The van der Waals surface area contributed by atoms with Crippen LogP contribution in [0.3, 0.4) is 0 Å². The van der Waals surface area contributed by atoms with Gasteiger partial charge in [0.25, 0.3) is 0 Å². The summed E-state index contributed by atoms with van der Waals surface area (Å²) in [5.74, 6) is -0.221. The molecule has 0 aliphatic rings. The van der Waals surface area contributed by atoms with Gasteiger partial charge in [0.2, 0.25) is 0 Å². The van der Waals surface area contributed by atoms with Crippen LogP contribution in [0.1, 0.15) is 64.4 Å². The molecule has 2 heteroatoms. The third-order valence-corrected chi connectivity index (χ3v) is 5.92. The zero-order chi connectivity index (χ0) is 23.3. The number of hydrogen-bond acceptors (Lipinski definition) is 2. The maximum atomic E-state index is 12.3. The summed E-state index contributed by atoms with van der Waals surface area (Å²) in [4.78, 5) is 12.3. The third-order valence-electron chi connectivity index (χ3n) is 5.92. The van der Waals surface area contributed by atoms with Crippen LogP contribution in [0.4, 0.5) is 0 Å². The second kappa shape index (κ2) is 13.4. The van der Waals surface area contributed by atoms with Gasteiger partial charge in [-0.05, 0) is 47.2 Å². The first-order chi connectivity index (χ1) is 16.2. The molecule has 0 saturated heterocycles. The number of benzene rings is 3. The zero-order valence-corrected chi connectivity index (χ0v) is 20.1. The van der Waals surface area contributed by atoms with Crippen molar-refractivity contribution in [1.82, 2.24) is 0 Å². The van der Waals surface area contributed by atoms with Crippen LogP contribution in [0.2, 0.25) is 0 Å². The Morgan fingerprint density at radius 1 is 0.667 bits per heavy atom. The second-order valence-electron chi connectivity index (χ2n) is 8.65. The molecule has 2 nitrogen and oxygen atoms in total. The van der Waals surface area contributed by atoms with Gasteiger partial charge >= 0.3 is 5.97 Å². The summed E-state index contributed by atoms with van der Waals surface area (Å²) in [5, 5.41) is 0. The van der Waals surface area contributed by atoms with Crippen molar-refractivity contribution in [3.05, 3.63) is 90.0 Å². The second-order valence-corrected chi connectivity index (χ2v) is 8.65. The van der Waals surface area contributed by atoms with E-state index in [0.29, 0.717) is 12.2 Å². The zero-order valence-electron chi connectivity index (χ0n) is 20.1. The Hall–Kier alpha value is -3.13. The topological polar surface area (TPSA) is 26.3 Å². The van der Waals surface area contributed by atoms with Crippen LogP contribution in [0.15, 0.2) is 84.4 Å². The Morgan fingerprint density at radius 3 is 1.73 bits per heavy atom. The number of unbranched alkanes of at least 4 members (excludes halogenated alkanes) is 6. The van der Waals surface area contributed by atoms with Crippen LogP contribution in [0, 0.1) is 0 Å². The van der Waals surface area contributed by atoms with Gasteiger partial charge in [-0.3, -0.25) is 0 Å². The molecule has 0 bridgehead atoms. The fourth-order valence-corrected chi connectivity index (χ4v) is 3.90. The Kier molecular flexibility index (Phi) is 9.97. The molecule has 3 rings (SSSR count). The van der Waals surface area contributed by atoms with Crippen LogP contribution in [0.25, 0.3) is 28.3 Å². The number of rotatable bonds is 12. The molecular weight excluding hydrogens is 404 g/mol. The first-order valence-corrected chi connectivity index (χ1v) is 12.3. The summed E-state index contributed by atoms with van der Waals surface area (Å²) in [6.07, 6.45) is 10.4. The normalized spacial score (nSPS) is 11.4. The fraction of sp³-hybridized carbons (Fsp3) is 0.323. The number of esters is 1. The lowest BCUT2D eigenvalue weighted by atomic mass is 9.99. The van der Waals surface area contributed by atoms with Gasteiger partial charge in [-0.2, -0.15) is 0 Å². The van der Waals surface area contributed by atoms with Gasteiger partial charge < -0.3 is 4.74 Å². The van der Waals surface area contributed by atoms with Gasteiger partial charge in [0.1, 0.15) is 0 Å². The molecule has 0 aliphatic carbocycles. The molecule has 172 valence electrons. The van der Waals surface area contributed by atoms with E-state index in [0.717, 1.165) is 24.0 Å². The summed E-state index contributed by atoms with van der Waals surface area (Å²) >= 11 is 0. The van der Waals surface area contributed by atoms with Gasteiger partial charge in [0, 0.05) is 5.57 Å². The molecule has 3 aromatic carbocycles. The minimum Gasteiger partial charge on any atom is -0.462 e. The average Bonchev–Trinajstić information content (AvgIpc) is 2.86. The lowest BCUT2D eigenvalue weighted by Gasteiger charge is -2.07. The Morgan fingerprint density at radius 2 is 1.15 bits per heavy atom. The van der Waals surface area contributed by atoms with Crippen molar-refractivity contribution in [2.45, 2.75) is 58.8 Å². The van der Waals surface area contributed by atoms with Crippen molar-refractivity contribution in [2.75, 3.05) is 6.61 Å². The molecule has 0 heterocycles. The summed E-state index contributed by atoms with van der Waals surface area (Å²) < 4.78 is 5.44. The minimum atomic E-state index is -0.221. The molecule has 0 fully saturated rings. The maximum Gasteiger partial charge on any atom is 0.333 e. The summed E-state index contributed by atoms with van der Waals surface area (Å²) in [6.45, 7) is 4.56. The summed E-state index contributed by atoms with van der Waals surface area (Å²) in [7, 11) is 0. The molecule has 0 saturated carbocycles. The number of carbonyl (C=O) groups excluding carboxylic acids is 1. The molecule has 0 radical (unpaired) electrons. The molecule has 0 amide bonds. The number of ether oxygens (including phenoxy) is 1. The summed E-state index contributed by atoms with van der Waals surface area (Å²) in [5.41, 5.74) is 6.41. The van der Waals surface area contributed by atoms with Crippen LogP contribution in [-0.4, -0.2) is 12.6 Å². The van der Waals surface area contributed by atoms with E-state index in [9.17, 15) is 4.79 Å². The van der Waals surface area contributed by atoms with Crippen LogP contribution >= 0.6 is 0 Å². The lowest BCUT2D eigenvalue weighted by molar-refractivity contribution is -0.139. The first-order valence-electron chi connectivity index (χ1n) is 12.3. The average molecular weight is 441 g/mol. The standard InChI is InChI=1S/C31H36O2/c1-3-4-5-6-7-8-12-23-33-31(32)25(2)24-26-15-17-28(18-16-26)30-21-19-29(20-22-30)27-13-10-9-11-14-27/h9-11,13-22,24H,3-8,12,23H2,1-2H3/b25-24+. The Balaban J connectivity index is 1.48. The Labute approximate surface area is 199 Å². The highest BCUT2D eigenvalue weighted by molar-refractivity contribution is 5.93. The van der Waals surface area contributed by atoms with Gasteiger partial charge in [-0.25, -0.2) is 4.79 Å². The predicted molar refractivity (Wildman–Crippen MR) is 140 cm³/mol. The van der Waals surface area contributed by atoms with E-state index in [2.05, 4.69) is 67.6 Å². The molecule has 0 unspecified atom stereocenters. The van der Waals surface area contributed by atoms with Gasteiger partial charge in [0.05, 0.1) is 6.61 Å². The molecule has 0 aromatic heterocycles. The van der Waals surface area contributed by atoms with Gasteiger partial charge in [-0.15, -0.1) is 0 Å². The van der Waals surface area contributed by atoms with E-state index in [1.165, 1.54) is 48.8 Å². The highest BCUT2D eigenvalue weighted by Gasteiger charge is 2.06. The van der Waals surface area contributed by atoms with E-state index in [4.69, 9.17) is 4.74 Å². The van der Waals surface area contributed by atoms with Gasteiger partial charge in [-0.1, -0.05) is 124 Å². The van der Waals surface area contributed by atoms with E-state index >= 15 is 0 Å². The monoisotopic (exact) mass is 440 g/mol. The van der Waals surface area contributed by atoms with Crippen LogP contribution < -0.4 is 0 Å². The van der Waals surface area contributed by atoms with E-state index < -0.39 is 0 Å². The van der Waals surface area contributed by atoms with E-state index in [-0.39, 0.29) is 5.97 Å². The SMILES string of the molecule is CCCCCCCCCOC(=O)/C(C)=C/c1ccc(-c2ccc(-c3ccccc3)cc2)cc1. The largest absolute Gasteiger partial charge is 0.462 e.